The lowest BCUT2D eigenvalue weighted by molar-refractivity contribution is -0.117. The molecule has 100 valence electrons. The van der Waals surface area contributed by atoms with Crippen molar-refractivity contribution >= 4 is 11.6 Å². The minimum absolute atomic E-state index is 0.0108. The van der Waals surface area contributed by atoms with Crippen molar-refractivity contribution in [3.8, 4) is 0 Å². The molecule has 0 radical (unpaired) electrons. The third kappa shape index (κ3) is 2.86. The summed E-state index contributed by atoms with van der Waals surface area (Å²) < 4.78 is 0. The Morgan fingerprint density at radius 3 is 3.05 bits per heavy atom. The second kappa shape index (κ2) is 5.73. The molecule has 1 aromatic carbocycles. The highest BCUT2D eigenvalue weighted by atomic mass is 16.3. The van der Waals surface area contributed by atoms with Crippen LogP contribution in [0, 0.1) is 12.8 Å². The molecule has 2 rings (SSSR count). The van der Waals surface area contributed by atoms with Crippen LogP contribution in [-0.4, -0.2) is 24.1 Å². The van der Waals surface area contributed by atoms with Gasteiger partial charge in [-0.25, -0.2) is 0 Å². The molecule has 1 amide bonds. The molecule has 1 saturated heterocycles. The van der Waals surface area contributed by atoms with Crippen LogP contribution in [0.5, 0.6) is 0 Å². The SMILES string of the molecule is Cc1ccc(N2CC(CN=[N+]=[N-])CC2=O)c(CO)c1. The van der Waals surface area contributed by atoms with E-state index < -0.39 is 0 Å². The molecular formula is C13H16N4O2. The second-order valence-corrected chi connectivity index (χ2v) is 4.78. The Kier molecular flexibility index (Phi) is 4.04. The van der Waals surface area contributed by atoms with Crippen LogP contribution in [0.25, 0.3) is 10.4 Å². The van der Waals surface area contributed by atoms with Gasteiger partial charge >= 0.3 is 0 Å². The molecule has 0 bridgehead atoms. The molecule has 1 fully saturated rings. The van der Waals surface area contributed by atoms with Crippen LogP contribution < -0.4 is 4.90 Å². The Morgan fingerprint density at radius 2 is 2.37 bits per heavy atom. The van der Waals surface area contributed by atoms with Crippen molar-refractivity contribution in [3.05, 3.63) is 39.8 Å². The number of hydrogen-bond acceptors (Lipinski definition) is 3. The molecule has 19 heavy (non-hydrogen) atoms. The Balaban J connectivity index is 2.22. The quantitative estimate of drug-likeness (QED) is 0.510. The van der Waals surface area contributed by atoms with E-state index in [2.05, 4.69) is 10.0 Å². The van der Waals surface area contributed by atoms with E-state index >= 15 is 0 Å². The first-order valence-electron chi connectivity index (χ1n) is 6.17. The third-order valence-electron chi connectivity index (χ3n) is 3.30. The Labute approximate surface area is 111 Å². The monoisotopic (exact) mass is 260 g/mol. The molecule has 0 spiro atoms. The zero-order valence-corrected chi connectivity index (χ0v) is 10.8. The van der Waals surface area contributed by atoms with Crippen molar-refractivity contribution < 1.29 is 9.90 Å². The first-order chi connectivity index (χ1) is 9.15. The number of hydrogen-bond donors (Lipinski definition) is 1. The van der Waals surface area contributed by atoms with Crippen molar-refractivity contribution in [3.63, 3.8) is 0 Å². The van der Waals surface area contributed by atoms with Crippen LogP contribution in [0.4, 0.5) is 5.69 Å². The lowest BCUT2D eigenvalue weighted by Crippen LogP contribution is -2.26. The summed E-state index contributed by atoms with van der Waals surface area (Å²) >= 11 is 0. The highest BCUT2D eigenvalue weighted by Crippen LogP contribution is 2.29. The molecule has 1 aliphatic heterocycles. The van der Waals surface area contributed by atoms with E-state index in [0.29, 0.717) is 19.5 Å². The predicted molar refractivity (Wildman–Crippen MR) is 71.6 cm³/mol. The van der Waals surface area contributed by atoms with Crippen molar-refractivity contribution in [2.45, 2.75) is 20.0 Å². The van der Waals surface area contributed by atoms with Gasteiger partial charge in [-0.1, -0.05) is 22.8 Å². The molecular weight excluding hydrogens is 244 g/mol. The Hall–Kier alpha value is -2.04. The number of rotatable bonds is 4. The number of carbonyl (C=O) groups excluding carboxylic acids is 1. The first-order valence-corrected chi connectivity index (χ1v) is 6.17. The average molecular weight is 260 g/mol. The summed E-state index contributed by atoms with van der Waals surface area (Å²) in [5.41, 5.74) is 10.9. The van der Waals surface area contributed by atoms with Gasteiger partial charge in [0.15, 0.2) is 0 Å². The van der Waals surface area contributed by atoms with E-state index in [1.807, 2.05) is 25.1 Å². The molecule has 0 aliphatic carbocycles. The maximum Gasteiger partial charge on any atom is 0.227 e. The van der Waals surface area contributed by atoms with E-state index in [1.165, 1.54) is 0 Å². The van der Waals surface area contributed by atoms with Gasteiger partial charge in [-0.3, -0.25) is 4.79 Å². The minimum atomic E-state index is -0.0954. The molecule has 0 aromatic heterocycles. The lowest BCUT2D eigenvalue weighted by Gasteiger charge is -2.20. The van der Waals surface area contributed by atoms with Crippen molar-refractivity contribution in [1.29, 1.82) is 0 Å². The van der Waals surface area contributed by atoms with E-state index in [9.17, 15) is 9.90 Å². The van der Waals surface area contributed by atoms with Gasteiger partial charge in [0.05, 0.1) is 6.61 Å². The number of amides is 1. The van der Waals surface area contributed by atoms with Crippen LogP contribution in [-0.2, 0) is 11.4 Å². The first kappa shape index (κ1) is 13.4. The van der Waals surface area contributed by atoms with Gasteiger partial charge in [-0.15, -0.1) is 0 Å². The van der Waals surface area contributed by atoms with Crippen LogP contribution in [0.2, 0.25) is 0 Å². The number of aryl methyl sites for hydroxylation is 1. The third-order valence-corrected chi connectivity index (χ3v) is 3.30. The summed E-state index contributed by atoms with van der Waals surface area (Å²) in [4.78, 5) is 16.4. The minimum Gasteiger partial charge on any atom is -0.392 e. The van der Waals surface area contributed by atoms with Gasteiger partial charge in [0.2, 0.25) is 5.91 Å². The van der Waals surface area contributed by atoms with Crippen molar-refractivity contribution in [2.24, 2.45) is 11.0 Å². The Morgan fingerprint density at radius 1 is 1.58 bits per heavy atom. The summed E-state index contributed by atoms with van der Waals surface area (Å²) in [6, 6.07) is 5.65. The summed E-state index contributed by atoms with van der Waals surface area (Å²) in [5, 5.41) is 12.9. The number of nitrogens with zero attached hydrogens (tertiary/aromatic N) is 4. The summed E-state index contributed by atoms with van der Waals surface area (Å²) in [6.07, 6.45) is 0.387. The highest BCUT2D eigenvalue weighted by molar-refractivity contribution is 5.96. The van der Waals surface area contributed by atoms with Crippen LogP contribution >= 0.6 is 0 Å². The second-order valence-electron chi connectivity index (χ2n) is 4.78. The smallest absolute Gasteiger partial charge is 0.227 e. The largest absolute Gasteiger partial charge is 0.392 e. The van der Waals surface area contributed by atoms with E-state index in [-0.39, 0.29) is 18.4 Å². The summed E-state index contributed by atoms with van der Waals surface area (Å²) in [5.74, 6) is 0.0629. The molecule has 6 nitrogen and oxygen atoms in total. The zero-order valence-electron chi connectivity index (χ0n) is 10.8. The fourth-order valence-electron chi connectivity index (χ4n) is 2.39. The Bertz CT molecular complexity index is 537. The predicted octanol–water partition coefficient (Wildman–Crippen LogP) is 2.15. The number of anilines is 1. The molecule has 0 saturated carbocycles. The maximum atomic E-state index is 12.0. The van der Waals surface area contributed by atoms with Crippen LogP contribution in [0.15, 0.2) is 23.3 Å². The van der Waals surface area contributed by atoms with Crippen LogP contribution in [0.3, 0.4) is 0 Å². The maximum absolute atomic E-state index is 12.0. The van der Waals surface area contributed by atoms with Crippen molar-refractivity contribution in [1.82, 2.24) is 0 Å². The van der Waals surface area contributed by atoms with E-state index in [0.717, 1.165) is 16.8 Å². The van der Waals surface area contributed by atoms with Gasteiger partial charge < -0.3 is 10.0 Å². The fraction of sp³-hybridized carbons (Fsp3) is 0.462. The number of aliphatic hydroxyl groups is 1. The standard InChI is InChI=1S/C13H16N4O2/c1-9-2-3-12(11(4-9)8-18)17-7-10(5-13(17)19)6-15-16-14/h2-4,10,18H,5-8H2,1H3. The summed E-state index contributed by atoms with van der Waals surface area (Å²) in [7, 11) is 0. The number of benzene rings is 1. The molecule has 1 N–H and O–H groups in total. The molecule has 6 heteroatoms. The van der Waals surface area contributed by atoms with Gasteiger partial charge in [0.25, 0.3) is 0 Å². The molecule has 1 aromatic rings. The van der Waals surface area contributed by atoms with E-state index in [1.54, 1.807) is 4.90 Å². The summed E-state index contributed by atoms with van der Waals surface area (Å²) in [6.45, 7) is 2.72. The highest BCUT2D eigenvalue weighted by Gasteiger charge is 2.31. The van der Waals surface area contributed by atoms with E-state index in [4.69, 9.17) is 5.53 Å². The molecule has 1 heterocycles. The zero-order chi connectivity index (χ0) is 13.8. The molecule has 1 aliphatic rings. The number of aliphatic hydroxyl groups excluding tert-OH is 1. The van der Waals surface area contributed by atoms with Gasteiger partial charge in [-0.2, -0.15) is 0 Å². The molecule has 1 unspecified atom stereocenters. The average Bonchev–Trinajstić information content (AvgIpc) is 2.77. The lowest BCUT2D eigenvalue weighted by atomic mass is 10.1. The van der Waals surface area contributed by atoms with Crippen LogP contribution in [0.1, 0.15) is 17.5 Å². The fourth-order valence-corrected chi connectivity index (χ4v) is 2.39. The normalized spacial score (nSPS) is 18.5. The number of azide groups is 1. The van der Waals surface area contributed by atoms with Gasteiger partial charge in [0.1, 0.15) is 0 Å². The van der Waals surface area contributed by atoms with Gasteiger partial charge in [-0.05, 0) is 24.4 Å². The number of carbonyl (C=O) groups is 1. The topological polar surface area (TPSA) is 89.3 Å². The molecule has 1 atom stereocenters. The van der Waals surface area contributed by atoms with Gasteiger partial charge in [0, 0.05) is 35.7 Å². The van der Waals surface area contributed by atoms with Crippen molar-refractivity contribution in [2.75, 3.05) is 18.0 Å².